The Morgan fingerprint density at radius 2 is 0.974 bits per heavy atom. The second kappa shape index (κ2) is 27.7. The Balaban J connectivity index is 0.000000228. The molecule has 0 heterocycles. The van der Waals surface area contributed by atoms with Crippen LogP contribution in [0.15, 0.2) is 170 Å². The summed E-state index contributed by atoms with van der Waals surface area (Å²) in [6.45, 7) is 21.5. The van der Waals surface area contributed by atoms with Crippen molar-refractivity contribution >= 4 is 27.9 Å². The zero-order chi connectivity index (χ0) is 54.2. The Morgan fingerprint density at radius 3 is 1.42 bits per heavy atom. The van der Waals surface area contributed by atoms with Gasteiger partial charge in [-0.3, -0.25) is 9.59 Å². The van der Waals surface area contributed by atoms with Gasteiger partial charge in [-0.05, 0) is 147 Å². The summed E-state index contributed by atoms with van der Waals surface area (Å²) >= 11 is 3.55. The van der Waals surface area contributed by atoms with E-state index in [1.54, 1.807) is 30.2 Å². The third-order valence-electron chi connectivity index (χ3n) is 15.2. The molecule has 0 saturated carbocycles. The van der Waals surface area contributed by atoms with Crippen LogP contribution in [0.2, 0.25) is 0 Å². The van der Waals surface area contributed by atoms with Crippen molar-refractivity contribution in [2.45, 2.75) is 167 Å². The van der Waals surface area contributed by atoms with E-state index < -0.39 is 5.97 Å². The maximum absolute atomic E-state index is 11.8. The number of hydrogen-bond acceptors (Lipinski definition) is 5. The normalized spacial score (nSPS) is 16.2. The highest BCUT2D eigenvalue weighted by molar-refractivity contribution is 9.08. The molecule has 0 aliphatic heterocycles. The van der Waals surface area contributed by atoms with Gasteiger partial charge in [0.25, 0.3) is 0 Å². The van der Waals surface area contributed by atoms with Crippen LogP contribution < -0.4 is 4.74 Å². The Bertz CT molecular complexity index is 2820. The van der Waals surface area contributed by atoms with Gasteiger partial charge in [0.1, 0.15) is 18.1 Å². The van der Waals surface area contributed by atoms with Crippen LogP contribution in [0, 0.1) is 0 Å². The number of allylic oxidation sites excluding steroid dienone is 4. The molecule has 2 aliphatic rings. The van der Waals surface area contributed by atoms with Gasteiger partial charge in [-0.15, -0.1) is 0 Å². The van der Waals surface area contributed by atoms with E-state index in [1.165, 1.54) is 59.1 Å². The van der Waals surface area contributed by atoms with Crippen LogP contribution in [0.1, 0.15) is 176 Å². The van der Waals surface area contributed by atoms with Crippen LogP contribution in [0.5, 0.6) is 11.5 Å². The SMILES string of the molecule is C.CC1(C)CCC(C)(C)c2cc(CBr)ccc21.CC1(C)CCC(C)(C)c2cc(COc3ccc([C@H](/C=C/Cc4ccccc4)CC(=O)O)cc3)ccc21.CCOC(=O)C[C@@H](/C=C/Cc1ccccc1)c1ccc(O)cc1. The average molecular weight is 1090 g/mol. The number of carboxylic acids is 1. The first-order valence-electron chi connectivity index (χ1n) is 26.8. The smallest absolute Gasteiger partial charge is 0.306 e. The minimum absolute atomic E-state index is 0. The van der Waals surface area contributed by atoms with Crippen molar-refractivity contribution < 1.29 is 29.3 Å². The van der Waals surface area contributed by atoms with Gasteiger partial charge in [-0.1, -0.05) is 224 Å². The zero-order valence-corrected chi connectivity index (χ0v) is 47.6. The molecule has 2 N–H and O–H groups in total. The highest BCUT2D eigenvalue weighted by atomic mass is 79.9. The Morgan fingerprint density at radius 1 is 0.553 bits per heavy atom. The highest BCUT2D eigenvalue weighted by Gasteiger charge is 2.38. The molecule has 0 aromatic heterocycles. The monoisotopic (exact) mass is 1090 g/mol. The molecular weight excluding hydrogens is 1000 g/mol. The topological polar surface area (TPSA) is 93.1 Å². The minimum atomic E-state index is -0.803. The number of phenols is 1. The molecule has 0 fully saturated rings. The second-order valence-electron chi connectivity index (χ2n) is 22.9. The predicted molar refractivity (Wildman–Crippen MR) is 319 cm³/mol. The molecular formula is C69H85BrO6. The number of carbonyl (C=O) groups excluding carboxylic acids is 1. The van der Waals surface area contributed by atoms with Crippen molar-refractivity contribution in [1.29, 1.82) is 0 Å². The molecule has 7 heteroatoms. The number of benzene rings is 6. The van der Waals surface area contributed by atoms with Crippen molar-refractivity contribution in [2.75, 3.05) is 6.61 Å². The summed E-state index contributed by atoms with van der Waals surface area (Å²) in [5.74, 6) is -0.238. The molecule has 0 saturated heterocycles. The molecule has 2 atom stereocenters. The lowest BCUT2D eigenvalue weighted by Gasteiger charge is -2.42. The zero-order valence-electron chi connectivity index (χ0n) is 46.0. The summed E-state index contributed by atoms with van der Waals surface area (Å²) in [7, 11) is 0. The highest BCUT2D eigenvalue weighted by Crippen LogP contribution is 2.47. The summed E-state index contributed by atoms with van der Waals surface area (Å²) < 4.78 is 11.2. The summed E-state index contributed by atoms with van der Waals surface area (Å²) in [6, 6.07) is 49.0. The van der Waals surface area contributed by atoms with E-state index >= 15 is 0 Å². The second-order valence-corrected chi connectivity index (χ2v) is 23.5. The molecule has 0 radical (unpaired) electrons. The number of alkyl halides is 1. The molecule has 404 valence electrons. The number of aromatic hydroxyl groups is 1. The quantitative estimate of drug-likeness (QED) is 0.0537. The van der Waals surface area contributed by atoms with Crippen molar-refractivity contribution in [3.05, 3.63) is 226 Å². The molecule has 6 aromatic rings. The lowest BCUT2D eigenvalue weighted by Crippen LogP contribution is -2.33. The first-order valence-corrected chi connectivity index (χ1v) is 28.0. The van der Waals surface area contributed by atoms with Gasteiger partial charge in [0.2, 0.25) is 0 Å². The van der Waals surface area contributed by atoms with Crippen molar-refractivity contribution in [3.63, 3.8) is 0 Å². The lowest BCUT2D eigenvalue weighted by atomic mass is 9.63. The van der Waals surface area contributed by atoms with E-state index in [2.05, 4.69) is 144 Å². The average Bonchev–Trinajstić information content (AvgIpc) is 3.40. The standard InChI is InChI=1S/C33H38O3.C20H22O3.C15H21Br.CH4/c1-32(2)19-20-33(3,4)30-21-25(13-18-29(30)32)23-36-28-16-14-26(15-17-28)27(22-31(34)35)12-8-11-24-9-6-5-7-10-24;1-2-23-20(22)15-18(17-11-13-19(21)14-12-17)10-6-9-16-7-4-3-5-8-16;1-14(2)7-8-15(3,4)13-9-11(10-16)5-6-12(13)14;/h5-10,12-18,21,27H,11,19-20,22-23H2,1-4H3,(H,34,35);3-8,10-14,18,21H,2,9,15H2,1H3;5-6,9H,7-8,10H2,1-4H3;1H4/b12-8+;10-6+;;/t27-;18-;;/m11../s1. The first-order chi connectivity index (χ1) is 35.7. The number of carbonyl (C=O) groups is 2. The number of phenolic OH excluding ortho intramolecular Hbond substituents is 1. The van der Waals surface area contributed by atoms with Gasteiger partial charge in [-0.2, -0.15) is 0 Å². The van der Waals surface area contributed by atoms with E-state index in [4.69, 9.17) is 9.47 Å². The number of hydrogen-bond donors (Lipinski definition) is 2. The van der Waals surface area contributed by atoms with Gasteiger partial charge >= 0.3 is 11.9 Å². The summed E-state index contributed by atoms with van der Waals surface area (Å²) in [6.07, 6.45) is 15.1. The van der Waals surface area contributed by atoms with Crippen molar-refractivity contribution in [3.8, 4) is 11.5 Å². The molecule has 76 heavy (non-hydrogen) atoms. The van der Waals surface area contributed by atoms with Crippen molar-refractivity contribution in [1.82, 2.24) is 0 Å². The van der Waals surface area contributed by atoms with Crippen LogP contribution in [0.3, 0.4) is 0 Å². The maximum Gasteiger partial charge on any atom is 0.306 e. The fourth-order valence-corrected chi connectivity index (χ4v) is 10.6. The third-order valence-corrected chi connectivity index (χ3v) is 15.9. The molecule has 6 aromatic carbocycles. The number of halogens is 1. The van der Waals surface area contributed by atoms with E-state index in [-0.39, 0.29) is 48.2 Å². The lowest BCUT2D eigenvalue weighted by molar-refractivity contribution is -0.143. The number of aliphatic carboxylic acids is 1. The van der Waals surface area contributed by atoms with Gasteiger partial charge in [0.05, 0.1) is 19.4 Å². The predicted octanol–water partition coefficient (Wildman–Crippen LogP) is 17.8. The molecule has 2 aliphatic carbocycles. The Hall–Kier alpha value is -6.18. The van der Waals surface area contributed by atoms with E-state index in [9.17, 15) is 19.8 Å². The summed E-state index contributed by atoms with van der Waals surface area (Å²) in [5.41, 5.74) is 14.0. The third kappa shape index (κ3) is 17.4. The summed E-state index contributed by atoms with van der Waals surface area (Å²) in [4.78, 5) is 23.3. The molecule has 0 amide bonds. The van der Waals surface area contributed by atoms with Gasteiger partial charge in [0, 0.05) is 17.2 Å². The molecule has 6 nitrogen and oxygen atoms in total. The first kappa shape index (κ1) is 60.7. The van der Waals surface area contributed by atoms with E-state index in [0.717, 1.165) is 35.0 Å². The van der Waals surface area contributed by atoms with Gasteiger partial charge in [-0.25, -0.2) is 0 Å². The Kier molecular flexibility index (Phi) is 22.1. The van der Waals surface area contributed by atoms with Crippen LogP contribution in [0.4, 0.5) is 0 Å². The van der Waals surface area contributed by atoms with Gasteiger partial charge < -0.3 is 19.7 Å². The fourth-order valence-electron chi connectivity index (χ4n) is 10.3. The molecule has 0 unspecified atom stereocenters. The minimum Gasteiger partial charge on any atom is -0.508 e. The number of rotatable bonds is 17. The van der Waals surface area contributed by atoms with E-state index in [0.29, 0.717) is 30.5 Å². The van der Waals surface area contributed by atoms with Crippen LogP contribution >= 0.6 is 15.9 Å². The van der Waals surface area contributed by atoms with Crippen LogP contribution in [-0.4, -0.2) is 28.8 Å². The number of esters is 1. The Labute approximate surface area is 464 Å². The van der Waals surface area contributed by atoms with Gasteiger partial charge in [0.15, 0.2) is 0 Å². The maximum atomic E-state index is 11.8. The van der Waals surface area contributed by atoms with Crippen molar-refractivity contribution in [2.24, 2.45) is 0 Å². The van der Waals surface area contributed by atoms with Crippen LogP contribution in [0.25, 0.3) is 0 Å². The summed E-state index contributed by atoms with van der Waals surface area (Å²) in [5, 5.41) is 19.8. The van der Waals surface area contributed by atoms with E-state index in [1.807, 2.05) is 84.9 Å². The fraction of sp³-hybridized carbons (Fsp3) is 0.391. The number of fused-ring (bicyclic) bond motifs is 2. The largest absolute Gasteiger partial charge is 0.508 e. The number of ether oxygens (including phenoxy) is 2. The molecule has 0 spiro atoms. The number of carboxylic acid groups (broad SMARTS) is 1. The molecule has 8 rings (SSSR count). The molecule has 0 bridgehead atoms. The van der Waals surface area contributed by atoms with Crippen LogP contribution in [-0.2, 0) is 60.8 Å².